The summed E-state index contributed by atoms with van der Waals surface area (Å²) in [5.41, 5.74) is 1.24. The first kappa shape index (κ1) is 16.9. The van der Waals surface area contributed by atoms with E-state index in [1.807, 2.05) is 6.07 Å². The molecule has 24 heavy (non-hydrogen) atoms. The lowest BCUT2D eigenvalue weighted by Gasteiger charge is -2.02. The minimum atomic E-state index is -0.335. The number of aromatic nitrogens is 2. The molecule has 0 saturated carbocycles. The van der Waals surface area contributed by atoms with Gasteiger partial charge in [0.1, 0.15) is 5.82 Å². The minimum Gasteiger partial charge on any atom is -0.296 e. The van der Waals surface area contributed by atoms with Gasteiger partial charge in [0, 0.05) is 5.75 Å². The van der Waals surface area contributed by atoms with E-state index in [1.54, 1.807) is 30.3 Å². The van der Waals surface area contributed by atoms with Gasteiger partial charge in [0.05, 0.1) is 10.6 Å². The molecule has 4 nitrogen and oxygen atoms in total. The summed E-state index contributed by atoms with van der Waals surface area (Å²) in [4.78, 5) is 12.2. The summed E-state index contributed by atoms with van der Waals surface area (Å²) >= 11 is 8.68. The number of thioether (sulfide) groups is 1. The maximum Gasteiger partial charge on any atom is 0.259 e. The number of hydrogen-bond donors (Lipinski definition) is 1. The van der Waals surface area contributed by atoms with Crippen molar-refractivity contribution in [2.45, 2.75) is 10.1 Å². The molecule has 1 heterocycles. The van der Waals surface area contributed by atoms with Gasteiger partial charge in [-0.2, -0.15) is 0 Å². The topological polar surface area (TPSA) is 54.9 Å². The van der Waals surface area contributed by atoms with E-state index in [-0.39, 0.29) is 11.7 Å². The van der Waals surface area contributed by atoms with Crippen molar-refractivity contribution < 1.29 is 9.18 Å². The zero-order valence-electron chi connectivity index (χ0n) is 12.2. The maximum atomic E-state index is 13.1. The Balaban J connectivity index is 1.61. The largest absolute Gasteiger partial charge is 0.296 e. The van der Waals surface area contributed by atoms with E-state index in [1.165, 1.54) is 35.2 Å². The summed E-state index contributed by atoms with van der Waals surface area (Å²) in [6.45, 7) is 0. The second-order valence-electron chi connectivity index (χ2n) is 4.73. The van der Waals surface area contributed by atoms with Crippen LogP contribution in [0, 0.1) is 5.82 Å². The van der Waals surface area contributed by atoms with Gasteiger partial charge in [-0.05, 0) is 29.8 Å². The van der Waals surface area contributed by atoms with E-state index in [2.05, 4.69) is 15.5 Å². The predicted molar refractivity (Wildman–Crippen MR) is 95.3 cm³/mol. The highest BCUT2D eigenvalue weighted by Gasteiger charge is 2.13. The fraction of sp³-hybridized carbons (Fsp3) is 0.0625. The molecule has 0 radical (unpaired) electrons. The van der Waals surface area contributed by atoms with E-state index in [0.717, 1.165) is 5.56 Å². The fourth-order valence-electron chi connectivity index (χ4n) is 1.90. The van der Waals surface area contributed by atoms with Crippen LogP contribution in [-0.2, 0) is 5.75 Å². The van der Waals surface area contributed by atoms with Crippen molar-refractivity contribution in [3.63, 3.8) is 0 Å². The number of hydrogen-bond acceptors (Lipinski definition) is 5. The molecule has 0 aliphatic carbocycles. The van der Waals surface area contributed by atoms with Crippen LogP contribution in [0.3, 0.4) is 0 Å². The summed E-state index contributed by atoms with van der Waals surface area (Å²) in [6.07, 6.45) is 0. The molecule has 122 valence electrons. The minimum absolute atomic E-state index is 0.266. The molecule has 0 fully saturated rings. The van der Waals surface area contributed by atoms with Crippen LogP contribution in [0.15, 0.2) is 52.9 Å². The number of anilines is 1. The van der Waals surface area contributed by atoms with Crippen LogP contribution in [0.25, 0.3) is 0 Å². The zero-order valence-corrected chi connectivity index (χ0v) is 14.6. The van der Waals surface area contributed by atoms with Crippen molar-refractivity contribution in [2.75, 3.05) is 5.32 Å². The number of benzene rings is 2. The van der Waals surface area contributed by atoms with E-state index < -0.39 is 0 Å². The molecule has 2 aromatic carbocycles. The van der Waals surface area contributed by atoms with Gasteiger partial charge in [0.15, 0.2) is 4.34 Å². The monoisotopic (exact) mass is 379 g/mol. The van der Waals surface area contributed by atoms with Gasteiger partial charge in [-0.25, -0.2) is 4.39 Å². The molecule has 0 aliphatic rings. The number of amides is 1. The molecule has 8 heteroatoms. The highest BCUT2D eigenvalue weighted by atomic mass is 35.5. The molecular formula is C16H11ClFN3OS2. The summed E-state index contributed by atoms with van der Waals surface area (Å²) in [7, 11) is 0. The molecule has 3 rings (SSSR count). The summed E-state index contributed by atoms with van der Waals surface area (Å²) in [5.74, 6) is -0.0262. The Labute approximate surface area is 151 Å². The second-order valence-corrected chi connectivity index (χ2v) is 7.33. The van der Waals surface area contributed by atoms with E-state index in [9.17, 15) is 9.18 Å². The number of rotatable bonds is 5. The average molecular weight is 380 g/mol. The Kier molecular flexibility index (Phi) is 5.44. The van der Waals surface area contributed by atoms with Crippen molar-refractivity contribution in [2.24, 2.45) is 0 Å². The third-order valence-corrected chi connectivity index (χ3v) is 5.37. The first-order valence-corrected chi connectivity index (χ1v) is 9.06. The predicted octanol–water partition coefficient (Wildman–Crippen LogP) is 4.88. The lowest BCUT2D eigenvalue weighted by atomic mass is 10.2. The van der Waals surface area contributed by atoms with E-state index in [4.69, 9.17) is 11.6 Å². The van der Waals surface area contributed by atoms with Crippen molar-refractivity contribution in [3.05, 3.63) is 70.5 Å². The van der Waals surface area contributed by atoms with Crippen LogP contribution in [0.2, 0.25) is 5.02 Å². The lowest BCUT2D eigenvalue weighted by molar-refractivity contribution is 0.102. The SMILES string of the molecule is O=C(Nc1nnc(SCc2cccc(F)c2)s1)c1ccccc1Cl. The zero-order chi connectivity index (χ0) is 16.9. The first-order valence-electron chi connectivity index (χ1n) is 6.88. The highest BCUT2D eigenvalue weighted by molar-refractivity contribution is 8.00. The molecule has 0 spiro atoms. The van der Waals surface area contributed by atoms with Crippen LogP contribution in [0.1, 0.15) is 15.9 Å². The maximum absolute atomic E-state index is 13.1. The fourth-order valence-corrected chi connectivity index (χ4v) is 3.81. The van der Waals surface area contributed by atoms with Gasteiger partial charge < -0.3 is 0 Å². The van der Waals surface area contributed by atoms with Gasteiger partial charge in [0.2, 0.25) is 5.13 Å². The molecule has 1 aromatic heterocycles. The van der Waals surface area contributed by atoms with Gasteiger partial charge in [0.25, 0.3) is 5.91 Å². The number of nitrogens with zero attached hydrogens (tertiary/aromatic N) is 2. The number of nitrogens with one attached hydrogen (secondary N) is 1. The Bertz CT molecular complexity index is 872. The molecular weight excluding hydrogens is 369 g/mol. The molecule has 1 amide bonds. The molecule has 0 saturated heterocycles. The third kappa shape index (κ3) is 4.31. The third-order valence-electron chi connectivity index (χ3n) is 3.00. The standard InChI is InChI=1S/C16H11ClFN3OS2/c17-13-7-2-1-6-12(13)14(22)19-15-20-21-16(24-15)23-9-10-4-3-5-11(18)8-10/h1-8H,9H2,(H,19,20,22). The van der Waals surface area contributed by atoms with Crippen molar-refractivity contribution in [1.82, 2.24) is 10.2 Å². The summed E-state index contributed by atoms with van der Waals surface area (Å²) in [5, 5.41) is 11.4. The summed E-state index contributed by atoms with van der Waals surface area (Å²) < 4.78 is 13.8. The quantitative estimate of drug-likeness (QED) is 0.507. The van der Waals surface area contributed by atoms with Crippen LogP contribution in [0.4, 0.5) is 9.52 Å². The number of halogens is 2. The first-order chi connectivity index (χ1) is 11.6. The number of carbonyl (C=O) groups is 1. The molecule has 0 unspecified atom stereocenters. The molecule has 3 aromatic rings. The Hall–Kier alpha value is -1.96. The second kappa shape index (κ2) is 7.74. The van der Waals surface area contributed by atoms with Gasteiger partial charge >= 0.3 is 0 Å². The molecule has 0 aliphatic heterocycles. The smallest absolute Gasteiger partial charge is 0.259 e. The van der Waals surface area contributed by atoms with Crippen molar-refractivity contribution in [3.8, 4) is 0 Å². The normalized spacial score (nSPS) is 10.6. The Morgan fingerprint density at radius 3 is 2.83 bits per heavy atom. The van der Waals surface area contributed by atoms with E-state index >= 15 is 0 Å². The Morgan fingerprint density at radius 2 is 2.04 bits per heavy atom. The van der Waals surface area contributed by atoms with Crippen molar-refractivity contribution >= 4 is 45.7 Å². The molecule has 0 bridgehead atoms. The van der Waals surface area contributed by atoms with Gasteiger partial charge in [-0.15, -0.1) is 10.2 Å². The number of carbonyl (C=O) groups excluding carboxylic acids is 1. The van der Waals surface area contributed by atoms with Gasteiger partial charge in [-0.3, -0.25) is 10.1 Å². The van der Waals surface area contributed by atoms with E-state index in [0.29, 0.717) is 25.8 Å². The van der Waals surface area contributed by atoms with Crippen LogP contribution in [-0.4, -0.2) is 16.1 Å². The molecule has 1 N–H and O–H groups in total. The van der Waals surface area contributed by atoms with Crippen LogP contribution < -0.4 is 5.32 Å². The lowest BCUT2D eigenvalue weighted by Crippen LogP contribution is -2.12. The van der Waals surface area contributed by atoms with Crippen LogP contribution in [0.5, 0.6) is 0 Å². The van der Waals surface area contributed by atoms with Crippen molar-refractivity contribution in [1.29, 1.82) is 0 Å². The van der Waals surface area contributed by atoms with Crippen LogP contribution >= 0.6 is 34.7 Å². The highest BCUT2D eigenvalue weighted by Crippen LogP contribution is 2.29. The average Bonchev–Trinajstić information content (AvgIpc) is 3.01. The molecule has 0 atom stereocenters. The Morgan fingerprint density at radius 1 is 1.21 bits per heavy atom. The van der Waals surface area contributed by atoms with Gasteiger partial charge in [-0.1, -0.05) is 59.0 Å². The summed E-state index contributed by atoms with van der Waals surface area (Å²) in [6, 6.07) is 13.2.